The van der Waals surface area contributed by atoms with Crippen LogP contribution in [0.25, 0.3) is 5.69 Å². The molecule has 0 saturated carbocycles. The van der Waals surface area contributed by atoms with Crippen LogP contribution in [0.4, 0.5) is 0 Å². The van der Waals surface area contributed by atoms with Gasteiger partial charge in [0, 0.05) is 23.6 Å². The number of benzene rings is 2. The van der Waals surface area contributed by atoms with Crippen molar-refractivity contribution >= 4 is 10.0 Å². The first-order valence-electron chi connectivity index (χ1n) is 8.71. The van der Waals surface area contributed by atoms with Crippen LogP contribution in [0.5, 0.6) is 5.75 Å². The molecule has 142 valence electrons. The molecule has 0 amide bonds. The molecule has 0 unspecified atom stereocenters. The molecule has 1 heterocycles. The molecule has 6 heteroatoms. The Morgan fingerprint density at radius 1 is 1.00 bits per heavy atom. The number of aromatic nitrogens is 1. The van der Waals surface area contributed by atoms with Crippen LogP contribution in [0.15, 0.2) is 59.5 Å². The van der Waals surface area contributed by atoms with Crippen LogP contribution in [0.3, 0.4) is 0 Å². The lowest BCUT2D eigenvalue weighted by Crippen LogP contribution is -2.24. The van der Waals surface area contributed by atoms with E-state index in [1.54, 1.807) is 32.2 Å². The zero-order valence-corrected chi connectivity index (χ0v) is 16.8. The van der Waals surface area contributed by atoms with E-state index in [0.29, 0.717) is 11.3 Å². The molecule has 0 radical (unpaired) electrons. The molecule has 0 fully saturated rings. The molecule has 3 aromatic rings. The largest absolute Gasteiger partial charge is 0.497 e. The van der Waals surface area contributed by atoms with E-state index in [0.717, 1.165) is 22.6 Å². The van der Waals surface area contributed by atoms with Crippen LogP contribution in [0.1, 0.15) is 22.5 Å². The summed E-state index contributed by atoms with van der Waals surface area (Å²) in [5.41, 5.74) is 4.75. The van der Waals surface area contributed by atoms with Gasteiger partial charge in [-0.05, 0) is 68.3 Å². The summed E-state index contributed by atoms with van der Waals surface area (Å²) in [7, 11) is -2.05. The molecular weight excluding hydrogens is 360 g/mol. The lowest BCUT2D eigenvalue weighted by Gasteiger charge is -2.12. The van der Waals surface area contributed by atoms with Crippen LogP contribution in [-0.4, -0.2) is 20.1 Å². The average molecular weight is 385 g/mol. The van der Waals surface area contributed by atoms with Gasteiger partial charge in [-0.25, -0.2) is 13.1 Å². The second-order valence-electron chi connectivity index (χ2n) is 6.52. The molecular formula is C21H24N2O3S. The zero-order valence-electron chi connectivity index (χ0n) is 16.0. The highest BCUT2D eigenvalue weighted by atomic mass is 32.2. The van der Waals surface area contributed by atoms with Crippen LogP contribution < -0.4 is 9.46 Å². The molecule has 0 aliphatic carbocycles. The fraction of sp³-hybridized carbons (Fsp3) is 0.238. The summed E-state index contributed by atoms with van der Waals surface area (Å²) < 4.78 is 35.5. The lowest BCUT2D eigenvalue weighted by atomic mass is 10.2. The highest BCUT2D eigenvalue weighted by Gasteiger charge is 2.19. The van der Waals surface area contributed by atoms with E-state index >= 15 is 0 Å². The molecule has 3 rings (SSSR count). The number of hydrogen-bond acceptors (Lipinski definition) is 3. The Labute approximate surface area is 160 Å². The first kappa shape index (κ1) is 19.2. The van der Waals surface area contributed by atoms with Gasteiger partial charge < -0.3 is 9.30 Å². The van der Waals surface area contributed by atoms with E-state index in [1.165, 1.54) is 0 Å². The third kappa shape index (κ3) is 3.91. The number of aryl methyl sites for hydroxylation is 2. The van der Waals surface area contributed by atoms with Gasteiger partial charge in [-0.1, -0.05) is 18.2 Å². The summed E-state index contributed by atoms with van der Waals surface area (Å²) >= 11 is 0. The Morgan fingerprint density at radius 2 is 1.70 bits per heavy atom. The Hall–Kier alpha value is -2.57. The number of rotatable bonds is 6. The van der Waals surface area contributed by atoms with E-state index in [4.69, 9.17) is 4.74 Å². The summed E-state index contributed by atoms with van der Waals surface area (Å²) in [6, 6.07) is 17.0. The highest BCUT2D eigenvalue weighted by molar-refractivity contribution is 7.89. The van der Waals surface area contributed by atoms with E-state index in [9.17, 15) is 8.42 Å². The van der Waals surface area contributed by atoms with Gasteiger partial charge in [0.2, 0.25) is 10.0 Å². The number of ether oxygens (including phenoxy) is 1. The second-order valence-corrected chi connectivity index (χ2v) is 8.26. The molecule has 1 aromatic heterocycles. The number of hydrogen-bond donors (Lipinski definition) is 1. The van der Waals surface area contributed by atoms with Crippen molar-refractivity contribution in [1.82, 2.24) is 9.29 Å². The molecule has 27 heavy (non-hydrogen) atoms. The Balaban J connectivity index is 1.85. The van der Waals surface area contributed by atoms with Crippen molar-refractivity contribution < 1.29 is 13.2 Å². The average Bonchev–Trinajstić information content (AvgIpc) is 2.94. The number of nitrogens with one attached hydrogen (secondary N) is 1. The fourth-order valence-electron chi connectivity index (χ4n) is 3.28. The maximum atomic E-state index is 12.7. The van der Waals surface area contributed by atoms with Crippen LogP contribution in [0, 0.1) is 20.8 Å². The van der Waals surface area contributed by atoms with Crippen molar-refractivity contribution in [1.29, 1.82) is 0 Å². The highest BCUT2D eigenvalue weighted by Crippen LogP contribution is 2.23. The number of para-hydroxylation sites is 1. The maximum Gasteiger partial charge on any atom is 0.241 e. The number of nitrogens with zero attached hydrogens (tertiary/aromatic N) is 1. The molecule has 0 bridgehead atoms. The van der Waals surface area contributed by atoms with E-state index in [1.807, 2.05) is 50.2 Å². The zero-order chi connectivity index (χ0) is 19.6. The van der Waals surface area contributed by atoms with Crippen molar-refractivity contribution in [2.24, 2.45) is 0 Å². The van der Waals surface area contributed by atoms with Crippen molar-refractivity contribution in [2.75, 3.05) is 7.11 Å². The van der Waals surface area contributed by atoms with Crippen molar-refractivity contribution in [3.63, 3.8) is 0 Å². The lowest BCUT2D eigenvalue weighted by molar-refractivity contribution is 0.414. The van der Waals surface area contributed by atoms with Gasteiger partial charge in [-0.15, -0.1) is 0 Å². The summed E-state index contributed by atoms with van der Waals surface area (Å²) in [4.78, 5) is 0.264. The predicted octanol–water partition coefficient (Wildman–Crippen LogP) is 3.89. The number of methoxy groups -OCH3 is 1. The Morgan fingerprint density at radius 3 is 2.33 bits per heavy atom. The van der Waals surface area contributed by atoms with Gasteiger partial charge in [-0.2, -0.15) is 0 Å². The second kappa shape index (κ2) is 7.58. The SMILES string of the molecule is COc1ccc(S(=O)(=O)NCc2cc(C)n(-c3ccccc3)c2C)c(C)c1. The molecule has 0 aliphatic heterocycles. The minimum Gasteiger partial charge on any atom is -0.497 e. The molecule has 5 nitrogen and oxygen atoms in total. The van der Waals surface area contributed by atoms with Gasteiger partial charge >= 0.3 is 0 Å². The van der Waals surface area contributed by atoms with E-state index < -0.39 is 10.0 Å². The van der Waals surface area contributed by atoms with E-state index in [2.05, 4.69) is 9.29 Å². The summed E-state index contributed by atoms with van der Waals surface area (Å²) in [6.07, 6.45) is 0. The van der Waals surface area contributed by atoms with Gasteiger partial charge in [0.05, 0.1) is 12.0 Å². The maximum absolute atomic E-state index is 12.7. The molecule has 1 N–H and O–H groups in total. The normalized spacial score (nSPS) is 11.6. The third-order valence-corrected chi connectivity index (χ3v) is 6.24. The Bertz CT molecular complexity index is 1050. The van der Waals surface area contributed by atoms with Gasteiger partial charge in [0.15, 0.2) is 0 Å². The van der Waals surface area contributed by atoms with Crippen LogP contribution in [-0.2, 0) is 16.6 Å². The molecule has 0 atom stereocenters. The minimum absolute atomic E-state index is 0.236. The summed E-state index contributed by atoms with van der Waals surface area (Å²) in [6.45, 7) is 6.02. The monoisotopic (exact) mass is 384 g/mol. The first-order chi connectivity index (χ1) is 12.8. The molecule has 2 aromatic carbocycles. The minimum atomic E-state index is -3.61. The third-order valence-electron chi connectivity index (χ3n) is 4.67. The van der Waals surface area contributed by atoms with Crippen LogP contribution in [0.2, 0.25) is 0 Å². The van der Waals surface area contributed by atoms with Gasteiger partial charge in [-0.3, -0.25) is 0 Å². The molecule has 0 saturated heterocycles. The predicted molar refractivity (Wildman–Crippen MR) is 107 cm³/mol. The van der Waals surface area contributed by atoms with Crippen molar-refractivity contribution in [3.8, 4) is 11.4 Å². The van der Waals surface area contributed by atoms with Crippen LogP contribution >= 0.6 is 0 Å². The van der Waals surface area contributed by atoms with E-state index in [-0.39, 0.29) is 11.4 Å². The topological polar surface area (TPSA) is 60.3 Å². The summed E-state index contributed by atoms with van der Waals surface area (Å²) in [5, 5.41) is 0. The smallest absolute Gasteiger partial charge is 0.241 e. The van der Waals surface area contributed by atoms with Crippen molar-refractivity contribution in [3.05, 3.63) is 77.1 Å². The fourth-order valence-corrected chi connectivity index (χ4v) is 4.51. The van der Waals surface area contributed by atoms with Crippen molar-refractivity contribution in [2.45, 2.75) is 32.2 Å². The Kier molecular flexibility index (Phi) is 5.39. The molecule has 0 spiro atoms. The van der Waals surface area contributed by atoms with Gasteiger partial charge in [0.1, 0.15) is 5.75 Å². The number of sulfonamides is 1. The quantitative estimate of drug-likeness (QED) is 0.701. The van der Waals surface area contributed by atoms with Gasteiger partial charge in [0.25, 0.3) is 0 Å². The standard InChI is InChI=1S/C21H24N2O3S/c1-15-12-20(26-4)10-11-21(15)27(24,25)22-14-18-13-16(2)23(17(18)3)19-8-6-5-7-9-19/h5-13,22H,14H2,1-4H3. The molecule has 0 aliphatic rings. The first-order valence-corrected chi connectivity index (χ1v) is 10.2. The summed E-state index contributed by atoms with van der Waals surface area (Å²) in [5.74, 6) is 0.637.